The molecule has 3 aromatic carbocycles. The number of nitrogens with zero attached hydrogens (tertiary/aromatic N) is 2. The summed E-state index contributed by atoms with van der Waals surface area (Å²) in [6.07, 6.45) is 3.60. The average Bonchev–Trinajstić information content (AvgIpc) is 3.29. The molecule has 181 valence electrons. The number of aryl methyl sites for hydroxylation is 1. The molecule has 1 radical (unpaired) electrons. The van der Waals surface area contributed by atoms with Crippen molar-refractivity contribution in [3.63, 3.8) is 0 Å². The zero-order valence-corrected chi connectivity index (χ0v) is 22.8. The number of benzene rings is 3. The standard InChI is InChI=1S/C20H16NO.C12H10N.Ir/c1-13(2)14-11-16-15-7-3-4-9-19(15)22-20(16)17(12-14)18-8-5-6-10-21-18;1-10-5-7-11(8-6-10)12-4-2-3-9-13-12;/h3-11,13H,1-2H3;2-7,9H,1H3;/q2*-1;. The van der Waals surface area contributed by atoms with Crippen molar-refractivity contribution >= 4 is 21.9 Å². The van der Waals surface area contributed by atoms with Crippen molar-refractivity contribution in [2.24, 2.45) is 0 Å². The van der Waals surface area contributed by atoms with Gasteiger partial charge in [-0.1, -0.05) is 74.2 Å². The Balaban J connectivity index is 0.000000187. The van der Waals surface area contributed by atoms with E-state index in [0.717, 1.165) is 44.5 Å². The molecular weight excluding hydrogens is 621 g/mol. The Kier molecular flexibility index (Phi) is 8.10. The van der Waals surface area contributed by atoms with E-state index in [1.165, 1.54) is 11.1 Å². The molecule has 36 heavy (non-hydrogen) atoms. The Labute approximate surface area is 225 Å². The van der Waals surface area contributed by atoms with Gasteiger partial charge in [-0.25, -0.2) is 0 Å². The summed E-state index contributed by atoms with van der Waals surface area (Å²) >= 11 is 0. The van der Waals surface area contributed by atoms with Gasteiger partial charge < -0.3 is 14.4 Å². The molecule has 0 aliphatic carbocycles. The van der Waals surface area contributed by atoms with Crippen LogP contribution in [0.4, 0.5) is 0 Å². The van der Waals surface area contributed by atoms with Crippen molar-refractivity contribution in [3.8, 4) is 22.5 Å². The fourth-order valence-corrected chi connectivity index (χ4v) is 3.97. The SMILES string of the molecule is CC(C)c1[c-]c(-c2ccccn2)c2oc3ccccc3c2c1.Cc1c[c-]c(-c2ccccn2)cc1.[Ir]. The maximum Gasteiger partial charge on any atom is 0.120 e. The maximum absolute atomic E-state index is 6.10. The maximum atomic E-state index is 6.10. The van der Waals surface area contributed by atoms with Crippen LogP contribution in [-0.4, -0.2) is 9.97 Å². The fourth-order valence-electron chi connectivity index (χ4n) is 3.97. The first-order valence-electron chi connectivity index (χ1n) is 11.8. The molecule has 0 aliphatic heterocycles. The summed E-state index contributed by atoms with van der Waals surface area (Å²) in [7, 11) is 0. The minimum Gasteiger partial charge on any atom is -0.501 e. The normalized spacial score (nSPS) is 10.7. The van der Waals surface area contributed by atoms with Crippen LogP contribution in [0.3, 0.4) is 0 Å². The molecule has 0 saturated carbocycles. The van der Waals surface area contributed by atoms with Gasteiger partial charge in [-0.15, -0.1) is 53.1 Å². The van der Waals surface area contributed by atoms with Crippen LogP contribution in [0.15, 0.2) is 102 Å². The molecule has 0 bridgehead atoms. The van der Waals surface area contributed by atoms with Crippen LogP contribution in [-0.2, 0) is 20.1 Å². The van der Waals surface area contributed by atoms with E-state index in [1.54, 1.807) is 12.4 Å². The molecule has 6 aromatic rings. The van der Waals surface area contributed by atoms with E-state index in [-0.39, 0.29) is 20.1 Å². The van der Waals surface area contributed by atoms with Crippen LogP contribution in [0.5, 0.6) is 0 Å². The molecule has 0 fully saturated rings. The van der Waals surface area contributed by atoms with E-state index >= 15 is 0 Å². The van der Waals surface area contributed by atoms with Crippen molar-refractivity contribution in [1.29, 1.82) is 0 Å². The Morgan fingerprint density at radius 2 is 1.47 bits per heavy atom. The van der Waals surface area contributed by atoms with Gasteiger partial charge in [0.2, 0.25) is 0 Å². The summed E-state index contributed by atoms with van der Waals surface area (Å²) in [6, 6.07) is 34.9. The van der Waals surface area contributed by atoms with E-state index in [0.29, 0.717) is 5.92 Å². The zero-order valence-electron chi connectivity index (χ0n) is 20.5. The molecule has 6 rings (SSSR count). The van der Waals surface area contributed by atoms with Gasteiger partial charge in [0, 0.05) is 37.9 Å². The monoisotopic (exact) mass is 647 g/mol. The summed E-state index contributed by atoms with van der Waals surface area (Å²) in [6.45, 7) is 6.42. The van der Waals surface area contributed by atoms with Crippen LogP contribution in [0.2, 0.25) is 0 Å². The summed E-state index contributed by atoms with van der Waals surface area (Å²) in [5.41, 5.74) is 8.04. The number of pyridine rings is 2. The Morgan fingerprint density at radius 1 is 0.778 bits per heavy atom. The van der Waals surface area contributed by atoms with Gasteiger partial charge in [0.1, 0.15) is 5.58 Å². The number of hydrogen-bond acceptors (Lipinski definition) is 3. The second kappa shape index (κ2) is 11.4. The molecular formula is C32H26IrN2O-2. The van der Waals surface area contributed by atoms with Crippen molar-refractivity contribution < 1.29 is 24.5 Å². The minimum atomic E-state index is 0. The van der Waals surface area contributed by atoms with Gasteiger partial charge in [-0.2, -0.15) is 0 Å². The van der Waals surface area contributed by atoms with Gasteiger partial charge >= 0.3 is 0 Å². The predicted octanol–water partition coefficient (Wildman–Crippen LogP) is 8.43. The number of hydrogen-bond donors (Lipinski definition) is 0. The van der Waals surface area contributed by atoms with Gasteiger partial charge in [0.25, 0.3) is 0 Å². The first kappa shape index (κ1) is 25.5. The van der Waals surface area contributed by atoms with Crippen LogP contribution in [0, 0.1) is 19.1 Å². The molecule has 0 amide bonds. The second-order valence-electron chi connectivity index (χ2n) is 8.81. The molecule has 4 heteroatoms. The van der Waals surface area contributed by atoms with Crippen LogP contribution < -0.4 is 0 Å². The third kappa shape index (κ3) is 5.46. The Bertz CT molecular complexity index is 1560. The van der Waals surface area contributed by atoms with E-state index < -0.39 is 0 Å². The first-order chi connectivity index (χ1) is 17.1. The van der Waals surface area contributed by atoms with Gasteiger partial charge in [0.05, 0.1) is 5.58 Å². The number of furan rings is 1. The summed E-state index contributed by atoms with van der Waals surface area (Å²) in [5.74, 6) is 0.403. The number of rotatable bonds is 3. The Hall–Kier alpha value is -3.59. The molecule has 3 heterocycles. The van der Waals surface area contributed by atoms with Crippen molar-refractivity contribution in [2.75, 3.05) is 0 Å². The molecule has 0 saturated heterocycles. The molecule has 3 aromatic heterocycles. The minimum absolute atomic E-state index is 0. The molecule has 0 unspecified atom stereocenters. The number of para-hydroxylation sites is 1. The van der Waals surface area contributed by atoms with E-state index in [1.807, 2.05) is 66.7 Å². The van der Waals surface area contributed by atoms with E-state index in [9.17, 15) is 0 Å². The predicted molar refractivity (Wildman–Crippen MR) is 143 cm³/mol. The largest absolute Gasteiger partial charge is 0.501 e. The topological polar surface area (TPSA) is 38.9 Å². The fraction of sp³-hybridized carbons (Fsp3) is 0.125. The third-order valence-corrected chi connectivity index (χ3v) is 5.88. The quantitative estimate of drug-likeness (QED) is 0.181. The molecule has 0 N–H and O–H groups in total. The third-order valence-electron chi connectivity index (χ3n) is 5.88. The van der Waals surface area contributed by atoms with Crippen LogP contribution >= 0.6 is 0 Å². The van der Waals surface area contributed by atoms with Crippen LogP contribution in [0.1, 0.15) is 30.9 Å². The summed E-state index contributed by atoms with van der Waals surface area (Å²) < 4.78 is 6.10. The van der Waals surface area contributed by atoms with E-state index in [4.69, 9.17) is 4.42 Å². The molecule has 0 aliphatic rings. The summed E-state index contributed by atoms with van der Waals surface area (Å²) in [4.78, 5) is 8.73. The van der Waals surface area contributed by atoms with Gasteiger partial charge in [-0.3, -0.25) is 0 Å². The van der Waals surface area contributed by atoms with Gasteiger partial charge in [-0.05, 0) is 35.5 Å². The van der Waals surface area contributed by atoms with E-state index in [2.05, 4.69) is 61.1 Å². The second-order valence-corrected chi connectivity index (χ2v) is 8.81. The molecule has 3 nitrogen and oxygen atoms in total. The van der Waals surface area contributed by atoms with Gasteiger partial charge in [0.15, 0.2) is 0 Å². The zero-order chi connectivity index (χ0) is 24.2. The molecule has 0 spiro atoms. The van der Waals surface area contributed by atoms with Crippen molar-refractivity contribution in [3.05, 3.63) is 121 Å². The molecule has 0 atom stereocenters. The van der Waals surface area contributed by atoms with Crippen molar-refractivity contribution in [1.82, 2.24) is 9.97 Å². The smallest absolute Gasteiger partial charge is 0.120 e. The number of fused-ring (bicyclic) bond motifs is 3. The van der Waals surface area contributed by atoms with Crippen molar-refractivity contribution in [2.45, 2.75) is 26.7 Å². The van der Waals surface area contributed by atoms with Crippen LogP contribution in [0.25, 0.3) is 44.5 Å². The first-order valence-corrected chi connectivity index (χ1v) is 11.8. The number of aromatic nitrogens is 2. The summed E-state index contributed by atoms with van der Waals surface area (Å²) in [5, 5.41) is 2.28. The Morgan fingerprint density at radius 3 is 2.11 bits per heavy atom. The average molecular weight is 647 g/mol.